The number of ether oxygens (including phenoxy) is 1. The van der Waals surface area contributed by atoms with Crippen LogP contribution in [-0.4, -0.2) is 78.4 Å². The van der Waals surface area contributed by atoms with E-state index in [2.05, 4.69) is 30.4 Å². The summed E-state index contributed by atoms with van der Waals surface area (Å²) in [5.74, 6) is -1.13. The number of halogens is 6. The average molecular weight is 736 g/mol. The van der Waals surface area contributed by atoms with Gasteiger partial charge in [-0.1, -0.05) is 29.8 Å². The van der Waals surface area contributed by atoms with Gasteiger partial charge < -0.3 is 15.8 Å². The molecule has 272 valence electrons. The number of alkyl halides is 5. The fourth-order valence-corrected chi connectivity index (χ4v) is 4.80. The van der Waals surface area contributed by atoms with E-state index >= 15 is 0 Å². The van der Waals surface area contributed by atoms with Crippen LogP contribution in [0.2, 0.25) is 5.02 Å². The number of benzene rings is 2. The monoisotopic (exact) mass is 735 g/mol. The highest BCUT2D eigenvalue weighted by Crippen LogP contribution is 2.34. The van der Waals surface area contributed by atoms with Gasteiger partial charge in [-0.25, -0.2) is 32.9 Å². The highest BCUT2D eigenvalue weighted by molar-refractivity contribution is 6.33. The van der Waals surface area contributed by atoms with Crippen LogP contribution in [0.3, 0.4) is 0 Å². The Kier molecular flexibility index (Phi) is 12.3. The highest BCUT2D eigenvalue weighted by atomic mass is 35.5. The molecule has 0 aliphatic heterocycles. The summed E-state index contributed by atoms with van der Waals surface area (Å²) in [5, 5.41) is 5.60. The maximum Gasteiger partial charge on any atom is 0.407 e. The van der Waals surface area contributed by atoms with Crippen molar-refractivity contribution in [3.05, 3.63) is 83.4 Å². The van der Waals surface area contributed by atoms with Gasteiger partial charge in [0.2, 0.25) is 0 Å². The van der Waals surface area contributed by atoms with Crippen LogP contribution in [0.5, 0.6) is 0 Å². The second kappa shape index (κ2) is 16.2. The van der Waals surface area contributed by atoms with E-state index in [1.54, 1.807) is 30.6 Å². The van der Waals surface area contributed by atoms with Crippen LogP contribution in [0.15, 0.2) is 72.2 Å². The van der Waals surface area contributed by atoms with Crippen molar-refractivity contribution in [3.63, 3.8) is 0 Å². The zero-order chi connectivity index (χ0) is 37.5. The van der Waals surface area contributed by atoms with Gasteiger partial charge in [-0.2, -0.15) is 18.6 Å². The fraction of sp³-hybridized carbons (Fsp3) is 0.364. The third-order valence-corrected chi connectivity index (χ3v) is 7.76. The molecule has 4 rings (SSSR count). The minimum absolute atomic E-state index is 0.0202. The van der Waals surface area contributed by atoms with Crippen molar-refractivity contribution in [2.24, 2.45) is 10.7 Å². The van der Waals surface area contributed by atoms with Crippen molar-refractivity contribution in [1.82, 2.24) is 34.9 Å². The van der Waals surface area contributed by atoms with Gasteiger partial charge >= 0.3 is 12.6 Å². The van der Waals surface area contributed by atoms with E-state index in [1.165, 1.54) is 44.2 Å². The van der Waals surface area contributed by atoms with Crippen molar-refractivity contribution >= 4 is 29.6 Å². The molecule has 0 aliphatic carbocycles. The molecule has 0 fully saturated rings. The zero-order valence-electron chi connectivity index (χ0n) is 27.9. The van der Waals surface area contributed by atoms with Gasteiger partial charge in [0, 0.05) is 42.0 Å². The molecule has 0 aliphatic rings. The van der Waals surface area contributed by atoms with E-state index in [0.29, 0.717) is 16.1 Å². The van der Waals surface area contributed by atoms with Crippen LogP contribution < -0.4 is 11.1 Å². The third-order valence-electron chi connectivity index (χ3n) is 7.43. The first kappa shape index (κ1) is 38.6. The predicted octanol–water partition coefficient (Wildman–Crippen LogP) is 6.86. The summed E-state index contributed by atoms with van der Waals surface area (Å²) in [4.78, 5) is 44.6. The summed E-state index contributed by atoms with van der Waals surface area (Å²) in [7, 11) is 0. The second-order valence-electron chi connectivity index (χ2n) is 12.3. The first-order valence-corrected chi connectivity index (χ1v) is 15.8. The summed E-state index contributed by atoms with van der Waals surface area (Å²) in [6.45, 7) is 0.875. The van der Waals surface area contributed by atoms with E-state index in [4.69, 9.17) is 22.1 Å². The lowest BCUT2D eigenvalue weighted by atomic mass is 10.0. The third kappa shape index (κ3) is 9.96. The van der Waals surface area contributed by atoms with E-state index in [9.17, 15) is 31.5 Å². The molecule has 2 heterocycles. The molecule has 2 aromatic carbocycles. The quantitative estimate of drug-likeness (QED) is 0.0859. The molecular formula is C33H35ClF5N9O3. The van der Waals surface area contributed by atoms with E-state index in [1.807, 2.05) is 0 Å². The van der Waals surface area contributed by atoms with Gasteiger partial charge in [0.1, 0.15) is 18.6 Å². The first-order chi connectivity index (χ1) is 24.0. The van der Waals surface area contributed by atoms with E-state index in [0.717, 1.165) is 25.1 Å². The molecule has 2 amide bonds. The molecule has 0 spiro atoms. The van der Waals surface area contributed by atoms with Crippen LogP contribution in [-0.2, 0) is 4.74 Å². The normalized spacial score (nSPS) is 13.0. The standard InChI is InChI=1S/C33H35ClF5N9O3/c1-32(2,39)12-15-43-30(40)47(27(49)20-8-6-19(7-9-20)25-41-13-5-14-42-25)24(17-51-31(50)46-33(3,4)28(35)36)21-10-11-23(34)22(16-21)26-44-18-45-48(26)29(37)38/h5-11,13-14,16,18,24,28-29H,12,15,17H2,1-4H3,(H2,40,43)(H,46,50)/t24-/m1/s1. The number of aliphatic imine (C=N–C) groups is 1. The number of rotatable bonds is 13. The molecule has 0 unspecified atom stereocenters. The van der Waals surface area contributed by atoms with Crippen LogP contribution in [0.4, 0.5) is 26.7 Å². The molecule has 0 bridgehead atoms. The Labute approximate surface area is 294 Å². The molecule has 0 saturated heterocycles. The van der Waals surface area contributed by atoms with Crippen LogP contribution in [0, 0.1) is 0 Å². The smallest absolute Gasteiger partial charge is 0.407 e. The number of carbonyl (C=O) groups excluding carboxylic acids is 2. The largest absolute Gasteiger partial charge is 0.447 e. The Morgan fingerprint density at radius 1 is 1.04 bits per heavy atom. The molecule has 18 heteroatoms. The number of nitrogens with zero attached hydrogens (tertiary/aromatic N) is 7. The SMILES string of the molecule is CC(C)(F)CCN=C(N)N(C(=O)c1ccc(-c2ncccn2)cc1)[C@H](COC(=O)NC(C)(C)C(F)F)c1ccc(Cl)c(-c2ncnn2C(F)F)c1. The Morgan fingerprint density at radius 3 is 2.31 bits per heavy atom. The first-order valence-electron chi connectivity index (χ1n) is 15.4. The van der Waals surface area contributed by atoms with Gasteiger partial charge in [0.25, 0.3) is 12.3 Å². The number of guanidine groups is 1. The number of hydrogen-bond donors (Lipinski definition) is 2. The second-order valence-corrected chi connectivity index (χ2v) is 12.7. The summed E-state index contributed by atoms with van der Waals surface area (Å²) in [6, 6.07) is 10.4. The Hall–Kier alpha value is -5.19. The lowest BCUT2D eigenvalue weighted by Gasteiger charge is -2.32. The lowest BCUT2D eigenvalue weighted by molar-refractivity contribution is 0.0404. The number of hydrogen-bond acceptors (Lipinski definition) is 8. The van der Waals surface area contributed by atoms with Gasteiger partial charge in [-0.05, 0) is 63.6 Å². The van der Waals surface area contributed by atoms with Gasteiger partial charge in [-0.15, -0.1) is 0 Å². The summed E-state index contributed by atoms with van der Waals surface area (Å²) >= 11 is 6.41. The molecular weight excluding hydrogens is 701 g/mol. The molecule has 51 heavy (non-hydrogen) atoms. The zero-order valence-corrected chi connectivity index (χ0v) is 28.7. The van der Waals surface area contributed by atoms with Gasteiger partial charge in [-0.3, -0.25) is 14.7 Å². The number of amides is 2. The number of carbonyl (C=O) groups is 2. The Morgan fingerprint density at radius 2 is 1.71 bits per heavy atom. The molecule has 4 aromatic rings. The molecule has 0 radical (unpaired) electrons. The lowest BCUT2D eigenvalue weighted by Crippen LogP contribution is -2.50. The van der Waals surface area contributed by atoms with Crippen molar-refractivity contribution in [2.75, 3.05) is 13.2 Å². The fourth-order valence-electron chi connectivity index (χ4n) is 4.60. The minimum atomic E-state index is -3.09. The molecule has 0 saturated carbocycles. The maximum absolute atomic E-state index is 14.4. The van der Waals surface area contributed by atoms with E-state index < -0.39 is 54.8 Å². The summed E-state index contributed by atoms with van der Waals surface area (Å²) < 4.78 is 74.7. The molecule has 2 aromatic heterocycles. The molecule has 3 N–H and O–H groups in total. The Bertz CT molecular complexity index is 1840. The van der Waals surface area contributed by atoms with E-state index in [-0.39, 0.29) is 40.5 Å². The number of nitrogens with one attached hydrogen (secondary N) is 1. The van der Waals surface area contributed by atoms with Crippen molar-refractivity contribution < 1.29 is 36.3 Å². The van der Waals surface area contributed by atoms with Gasteiger partial charge in [0.05, 0.1) is 16.6 Å². The van der Waals surface area contributed by atoms with Crippen molar-refractivity contribution in [3.8, 4) is 22.8 Å². The summed E-state index contributed by atoms with van der Waals surface area (Å²) in [6.07, 6.45) is -0.305. The molecule has 1 atom stereocenters. The average Bonchev–Trinajstić information content (AvgIpc) is 3.57. The van der Waals surface area contributed by atoms with Crippen molar-refractivity contribution in [1.29, 1.82) is 0 Å². The van der Waals surface area contributed by atoms with Gasteiger partial charge in [0.15, 0.2) is 17.6 Å². The molecule has 12 nitrogen and oxygen atoms in total. The maximum atomic E-state index is 14.4. The topological polar surface area (TPSA) is 154 Å². The van der Waals surface area contributed by atoms with Crippen molar-refractivity contribution in [2.45, 2.75) is 64.3 Å². The summed E-state index contributed by atoms with van der Waals surface area (Å²) in [5.41, 5.74) is 3.54. The number of nitrogens with two attached hydrogens (primary N) is 1. The highest BCUT2D eigenvalue weighted by Gasteiger charge is 2.35. The van der Waals surface area contributed by atoms with Crippen LogP contribution >= 0.6 is 11.6 Å². The predicted molar refractivity (Wildman–Crippen MR) is 179 cm³/mol. The Balaban J connectivity index is 1.84. The van der Waals surface area contributed by atoms with Crippen LogP contribution in [0.1, 0.15) is 62.6 Å². The number of aromatic nitrogens is 5. The minimum Gasteiger partial charge on any atom is -0.447 e. The van der Waals surface area contributed by atoms with Crippen LogP contribution in [0.25, 0.3) is 22.8 Å². The number of alkyl carbamates (subject to hydrolysis) is 1.